The van der Waals surface area contributed by atoms with Crippen molar-refractivity contribution in [1.29, 1.82) is 0 Å². The Morgan fingerprint density at radius 2 is 0.789 bits per heavy atom. The van der Waals surface area contributed by atoms with Gasteiger partial charge in [-0.1, -0.05) is 31.8 Å². The van der Waals surface area contributed by atoms with Crippen LogP contribution in [-0.4, -0.2) is 74.6 Å². The third-order valence-electron chi connectivity index (χ3n) is 6.86. The Morgan fingerprint density at radius 1 is 0.509 bits per heavy atom. The molecule has 0 radical (unpaired) electrons. The second kappa shape index (κ2) is 26.4. The van der Waals surface area contributed by atoms with Crippen LogP contribution >= 0.6 is 0 Å². The molecule has 0 saturated carbocycles. The molecule has 0 fully saturated rings. The molecular formula is C32H44N14O11. The summed E-state index contributed by atoms with van der Waals surface area (Å²) >= 11 is 0. The molecule has 5 rings (SSSR count). The average Bonchev–Trinajstić information content (AvgIpc) is 3.15. The van der Waals surface area contributed by atoms with Crippen molar-refractivity contribution < 1.29 is 5.11 Å². The molecule has 57 heavy (non-hydrogen) atoms. The Labute approximate surface area is 317 Å². The van der Waals surface area contributed by atoms with Crippen molar-refractivity contribution in [2.75, 3.05) is 19.7 Å². The summed E-state index contributed by atoms with van der Waals surface area (Å²) in [6.07, 6.45) is 11.2. The smallest absolute Gasteiger partial charge is 0.325 e. The van der Waals surface area contributed by atoms with Crippen molar-refractivity contribution in [3.63, 3.8) is 0 Å². The van der Waals surface area contributed by atoms with Gasteiger partial charge in [-0.25, -0.2) is 24.0 Å². The first-order valence-electron chi connectivity index (χ1n) is 17.1. The van der Waals surface area contributed by atoms with Gasteiger partial charge in [-0.3, -0.25) is 48.9 Å². The lowest BCUT2D eigenvalue weighted by Crippen LogP contribution is -2.25. The van der Waals surface area contributed by atoms with Gasteiger partial charge in [-0.05, 0) is 37.8 Å². The van der Waals surface area contributed by atoms with E-state index in [1.165, 1.54) is 31.0 Å². The molecule has 0 spiro atoms. The number of H-pyrrole nitrogens is 10. The van der Waals surface area contributed by atoms with Gasteiger partial charge in [0, 0.05) is 83.3 Å². The fraction of sp³-hybridized carbons (Fsp3) is 0.375. The number of nitrogens with one attached hydrogen (secondary N) is 10. The first kappa shape index (κ1) is 47.7. The molecule has 0 aromatic carbocycles. The number of aryl methyl sites for hydroxylation is 2. The maximum absolute atomic E-state index is 11.0. The van der Waals surface area contributed by atoms with Crippen LogP contribution in [0.3, 0.4) is 0 Å². The molecule has 0 aliphatic rings. The highest BCUT2D eigenvalue weighted by Gasteiger charge is 2.00. The molecule has 308 valence electrons. The maximum atomic E-state index is 11.0. The highest BCUT2D eigenvalue weighted by molar-refractivity contribution is 5.06. The van der Waals surface area contributed by atoms with Gasteiger partial charge in [0.15, 0.2) is 0 Å². The molecule has 0 atom stereocenters. The molecule has 5 aromatic rings. The molecule has 0 aliphatic carbocycles. The Bertz CT molecular complexity index is 2350. The van der Waals surface area contributed by atoms with E-state index in [9.17, 15) is 47.9 Å². The predicted octanol–water partition coefficient (Wildman–Crippen LogP) is -2.89. The standard InChI is InChI=1S/2C7H10N2O2.C6H7N5O2.C6H9N3O2.C6H8N2O3/c2*1-2-3-5-4-8-7(11)9-6(5)10;7-11-9-2-1-4-3-8-6(13)10-5(4)12;7-2-1-4-3-8-6(11)9-5(4)10;9-2-1-4-3-7-6(11)8-5(4)10/h2*4H,2-3H2,1H3,(H2,8,9,10,11);3H,1-2H2,(H2,8,10,12,13);3H,1-2,7H2,(H2,8,9,10,11);3,9H,1-2H2,(H2,7,8,10,11). The third-order valence-corrected chi connectivity index (χ3v) is 6.86. The van der Waals surface area contributed by atoms with Gasteiger partial charge in [0.2, 0.25) is 0 Å². The van der Waals surface area contributed by atoms with E-state index in [1.807, 2.05) is 18.8 Å². The van der Waals surface area contributed by atoms with Crippen LogP contribution < -0.4 is 62.0 Å². The zero-order valence-corrected chi connectivity index (χ0v) is 30.9. The van der Waals surface area contributed by atoms with Crippen molar-refractivity contribution in [3.8, 4) is 0 Å². The number of aliphatic hydroxyl groups excluding tert-OH is 1. The zero-order valence-electron chi connectivity index (χ0n) is 30.9. The minimum absolute atomic E-state index is 0.102. The van der Waals surface area contributed by atoms with Gasteiger partial charge in [0.1, 0.15) is 0 Å². The van der Waals surface area contributed by atoms with Crippen molar-refractivity contribution in [3.05, 3.63) is 173 Å². The lowest BCUT2D eigenvalue weighted by molar-refractivity contribution is 0.299. The summed E-state index contributed by atoms with van der Waals surface area (Å²) in [5.74, 6) is 0. The minimum atomic E-state index is -0.544. The molecule has 0 amide bonds. The first-order chi connectivity index (χ1) is 27.2. The number of rotatable bonds is 11. The fourth-order valence-corrected chi connectivity index (χ4v) is 4.15. The number of nitrogens with two attached hydrogens (primary N) is 1. The highest BCUT2D eigenvalue weighted by Crippen LogP contribution is 1.91. The second-order valence-corrected chi connectivity index (χ2v) is 11.2. The summed E-state index contributed by atoms with van der Waals surface area (Å²) in [7, 11) is 0. The summed E-state index contributed by atoms with van der Waals surface area (Å²) in [6.45, 7) is 4.45. The maximum Gasteiger partial charge on any atom is 0.325 e. The number of aromatic amines is 10. The number of aromatic nitrogens is 10. The SMILES string of the molecule is CCCc1c[nH]c(=O)[nH]c1=O.CCCc1c[nH]c(=O)[nH]c1=O.NCCc1c[nH]c(=O)[nH]c1=O.O=c1[nH]cc(CCO)c(=O)[nH]1.[N-]=[N+]=NCCc1c[nH]c(=O)[nH]c1=O. The van der Waals surface area contributed by atoms with Gasteiger partial charge in [0.05, 0.1) is 0 Å². The van der Waals surface area contributed by atoms with Crippen LogP contribution in [-0.2, 0) is 32.1 Å². The highest BCUT2D eigenvalue weighted by atomic mass is 16.3. The van der Waals surface area contributed by atoms with Crippen molar-refractivity contribution in [1.82, 2.24) is 49.8 Å². The quantitative estimate of drug-likeness (QED) is 0.0364. The summed E-state index contributed by atoms with van der Waals surface area (Å²) in [5, 5.41) is 11.7. The van der Waals surface area contributed by atoms with Crippen LogP contribution in [0.1, 0.15) is 54.5 Å². The summed E-state index contributed by atoms with van der Waals surface area (Å²) < 4.78 is 0. The first-order valence-corrected chi connectivity index (χ1v) is 17.1. The number of azide groups is 1. The van der Waals surface area contributed by atoms with E-state index < -0.39 is 39.6 Å². The number of hydrogen-bond donors (Lipinski definition) is 12. The lowest BCUT2D eigenvalue weighted by Gasteiger charge is -1.93. The Morgan fingerprint density at radius 3 is 1.04 bits per heavy atom. The molecule has 0 aliphatic heterocycles. The molecule has 5 heterocycles. The topological polar surface area (TPSA) is 424 Å². The molecule has 0 unspecified atom stereocenters. The number of hydrogen-bond acceptors (Lipinski definition) is 13. The van der Waals surface area contributed by atoms with E-state index in [0.717, 1.165) is 12.8 Å². The molecule has 25 heteroatoms. The predicted molar refractivity (Wildman–Crippen MR) is 208 cm³/mol. The van der Waals surface area contributed by atoms with Crippen LogP contribution in [0, 0.1) is 0 Å². The molecule has 13 N–H and O–H groups in total. The lowest BCUT2D eigenvalue weighted by atomic mass is 10.2. The fourth-order valence-electron chi connectivity index (χ4n) is 4.15. The van der Waals surface area contributed by atoms with Gasteiger partial charge in [0.25, 0.3) is 27.8 Å². The van der Waals surface area contributed by atoms with Crippen molar-refractivity contribution in [2.24, 2.45) is 10.8 Å². The van der Waals surface area contributed by atoms with Gasteiger partial charge < -0.3 is 35.8 Å². The van der Waals surface area contributed by atoms with E-state index in [0.29, 0.717) is 60.0 Å². The van der Waals surface area contributed by atoms with E-state index in [4.69, 9.17) is 16.4 Å². The summed E-state index contributed by atoms with van der Waals surface area (Å²) in [5.41, 5.74) is 11.5. The van der Waals surface area contributed by atoms with Gasteiger partial charge in [-0.15, -0.1) is 0 Å². The van der Waals surface area contributed by atoms with Crippen LogP contribution in [0.15, 0.2) is 84.0 Å². The Kier molecular flexibility index (Phi) is 22.1. The summed E-state index contributed by atoms with van der Waals surface area (Å²) in [4.78, 5) is 132. The van der Waals surface area contributed by atoms with E-state index in [-0.39, 0.29) is 36.3 Å². The molecule has 25 nitrogen and oxygen atoms in total. The van der Waals surface area contributed by atoms with Crippen molar-refractivity contribution >= 4 is 0 Å². The van der Waals surface area contributed by atoms with Crippen LogP contribution in [0.5, 0.6) is 0 Å². The molecule has 0 saturated heterocycles. The molecular weight excluding hydrogens is 756 g/mol. The molecule has 0 bridgehead atoms. The van der Waals surface area contributed by atoms with E-state index in [1.54, 1.807) is 0 Å². The Hall–Kier alpha value is -7.37. The summed E-state index contributed by atoms with van der Waals surface area (Å²) in [6, 6.07) is 0. The normalized spacial score (nSPS) is 9.75. The van der Waals surface area contributed by atoms with E-state index in [2.05, 4.69) is 54.9 Å². The zero-order chi connectivity index (χ0) is 42.8. The third kappa shape index (κ3) is 19.0. The van der Waals surface area contributed by atoms with Crippen molar-refractivity contribution in [2.45, 2.75) is 58.8 Å². The van der Waals surface area contributed by atoms with Gasteiger partial charge >= 0.3 is 28.4 Å². The Balaban J connectivity index is 0.000000357. The number of nitrogens with zero attached hydrogens (tertiary/aromatic N) is 3. The van der Waals surface area contributed by atoms with Gasteiger partial charge in [-0.2, -0.15) is 0 Å². The molecule has 5 aromatic heterocycles. The minimum Gasteiger partial charge on any atom is -0.396 e. The average molecular weight is 801 g/mol. The van der Waals surface area contributed by atoms with Crippen LogP contribution in [0.25, 0.3) is 10.4 Å². The van der Waals surface area contributed by atoms with Crippen LogP contribution in [0.2, 0.25) is 0 Å². The monoisotopic (exact) mass is 800 g/mol. The second-order valence-electron chi connectivity index (χ2n) is 11.2. The number of aliphatic hydroxyl groups is 1. The van der Waals surface area contributed by atoms with Crippen LogP contribution in [0.4, 0.5) is 0 Å². The largest absolute Gasteiger partial charge is 0.396 e. The van der Waals surface area contributed by atoms with E-state index >= 15 is 0 Å².